The molecule has 0 atom stereocenters. The summed E-state index contributed by atoms with van der Waals surface area (Å²) in [6.07, 6.45) is 1.11. The Labute approximate surface area is 110 Å². The van der Waals surface area contributed by atoms with Crippen LogP contribution in [0.3, 0.4) is 0 Å². The van der Waals surface area contributed by atoms with Crippen LogP contribution in [0.5, 0.6) is 0 Å². The van der Waals surface area contributed by atoms with E-state index < -0.39 is 0 Å². The first-order valence-corrected chi connectivity index (χ1v) is 6.70. The molecule has 1 aliphatic carbocycles. The lowest BCUT2D eigenvalue weighted by atomic mass is 9.88. The van der Waals surface area contributed by atoms with Crippen molar-refractivity contribution in [1.29, 1.82) is 0 Å². The van der Waals surface area contributed by atoms with Crippen LogP contribution in [0, 0.1) is 34.6 Å². The molecule has 0 heteroatoms. The molecule has 0 N–H and O–H groups in total. The lowest BCUT2D eigenvalue weighted by molar-refractivity contribution is 1.15. The maximum atomic E-state index is 2.28. The van der Waals surface area contributed by atoms with Crippen molar-refractivity contribution in [1.82, 2.24) is 0 Å². The van der Waals surface area contributed by atoms with Crippen LogP contribution in [0.1, 0.15) is 38.9 Å². The monoisotopic (exact) mass is 236 g/mol. The highest BCUT2D eigenvalue weighted by Crippen LogP contribution is 2.44. The molecule has 0 fully saturated rings. The zero-order valence-electron chi connectivity index (χ0n) is 11.9. The predicted octanol–water partition coefficient (Wildman–Crippen LogP) is 4.80. The zero-order chi connectivity index (χ0) is 13.0. The van der Waals surface area contributed by atoms with E-state index in [0.717, 1.165) is 6.42 Å². The minimum absolute atomic E-state index is 1.11. The molecule has 0 nitrogen and oxygen atoms in total. The lowest BCUT2D eigenvalue weighted by Crippen LogP contribution is -1.98. The van der Waals surface area contributed by atoms with Gasteiger partial charge >= 0.3 is 0 Å². The van der Waals surface area contributed by atoms with Gasteiger partial charge in [-0.3, -0.25) is 0 Å². The van der Waals surface area contributed by atoms with Crippen molar-refractivity contribution in [2.75, 3.05) is 0 Å². The Kier molecular flexibility index (Phi) is 2.38. The molecule has 0 saturated heterocycles. The molecule has 0 radical (unpaired) electrons. The first-order chi connectivity index (χ1) is 8.52. The summed E-state index contributed by atoms with van der Waals surface area (Å²) >= 11 is 0. The van der Waals surface area contributed by atoms with Gasteiger partial charge in [-0.05, 0) is 91.1 Å². The van der Waals surface area contributed by atoms with Crippen LogP contribution in [-0.2, 0) is 6.42 Å². The van der Waals surface area contributed by atoms with Gasteiger partial charge in [0.1, 0.15) is 0 Å². The van der Waals surface area contributed by atoms with Crippen molar-refractivity contribution in [2.45, 2.75) is 41.0 Å². The molecule has 0 unspecified atom stereocenters. The Bertz CT molecular complexity index is 660. The summed E-state index contributed by atoms with van der Waals surface area (Å²) < 4.78 is 0. The van der Waals surface area contributed by atoms with E-state index in [1.807, 2.05) is 0 Å². The van der Waals surface area contributed by atoms with Crippen molar-refractivity contribution < 1.29 is 0 Å². The fourth-order valence-electron chi connectivity index (χ4n) is 3.37. The van der Waals surface area contributed by atoms with Crippen LogP contribution in [0.4, 0.5) is 0 Å². The van der Waals surface area contributed by atoms with E-state index in [2.05, 4.69) is 52.8 Å². The maximum Gasteiger partial charge on any atom is -0.00105 e. The van der Waals surface area contributed by atoms with Crippen LogP contribution in [0.2, 0.25) is 0 Å². The molecular weight excluding hydrogens is 216 g/mol. The second-order valence-corrected chi connectivity index (χ2v) is 5.64. The maximum absolute atomic E-state index is 2.28. The first kappa shape index (κ1) is 11.5. The molecule has 0 heterocycles. The van der Waals surface area contributed by atoms with Gasteiger partial charge in [-0.2, -0.15) is 0 Å². The normalized spacial score (nSPS) is 12.5. The van der Waals surface area contributed by atoms with Crippen LogP contribution in [0.15, 0.2) is 18.2 Å². The third-order valence-corrected chi connectivity index (χ3v) is 4.79. The van der Waals surface area contributed by atoms with E-state index >= 15 is 0 Å². The largest absolute Gasteiger partial charge is 0.0617 e. The molecule has 0 amide bonds. The van der Waals surface area contributed by atoms with E-state index in [0.29, 0.717) is 0 Å². The summed E-state index contributed by atoms with van der Waals surface area (Å²) in [5, 5.41) is 0. The molecule has 3 rings (SSSR count). The van der Waals surface area contributed by atoms with Gasteiger partial charge in [0, 0.05) is 0 Å². The summed E-state index contributed by atoms with van der Waals surface area (Å²) in [6, 6.07) is 6.70. The average Bonchev–Trinajstić information content (AvgIpc) is 2.75. The lowest BCUT2D eigenvalue weighted by Gasteiger charge is -2.16. The molecule has 2 aromatic carbocycles. The summed E-state index contributed by atoms with van der Waals surface area (Å²) in [7, 11) is 0. The highest BCUT2D eigenvalue weighted by Gasteiger charge is 2.25. The van der Waals surface area contributed by atoms with Crippen molar-refractivity contribution in [3.8, 4) is 11.1 Å². The third kappa shape index (κ3) is 1.32. The number of hydrogen-bond acceptors (Lipinski definition) is 0. The molecule has 92 valence electrons. The van der Waals surface area contributed by atoms with Crippen LogP contribution >= 0.6 is 0 Å². The second-order valence-electron chi connectivity index (χ2n) is 5.64. The Hall–Kier alpha value is -1.56. The molecule has 0 saturated carbocycles. The molecule has 0 bridgehead atoms. The highest BCUT2D eigenvalue weighted by molar-refractivity contribution is 5.84. The Morgan fingerprint density at radius 2 is 1.39 bits per heavy atom. The quantitative estimate of drug-likeness (QED) is 0.526. The minimum Gasteiger partial charge on any atom is -0.0617 e. The van der Waals surface area contributed by atoms with Crippen molar-refractivity contribution >= 4 is 0 Å². The molecule has 1 aliphatic rings. The topological polar surface area (TPSA) is 0 Å². The first-order valence-electron chi connectivity index (χ1n) is 6.70. The average molecular weight is 236 g/mol. The summed E-state index contributed by atoms with van der Waals surface area (Å²) in [6.45, 7) is 11.3. The standard InChI is InChI=1S/C18H20/c1-10-7-6-8-15-9-16-13(4)11(2)12(3)14(5)18(16)17(10)15/h6-8H,9H2,1-5H3. The van der Waals surface area contributed by atoms with Crippen molar-refractivity contribution in [2.24, 2.45) is 0 Å². The molecule has 0 aromatic heterocycles. The SMILES string of the molecule is Cc1cccc2c1-c1c(C)c(C)c(C)c(C)c1C2. The van der Waals surface area contributed by atoms with Crippen molar-refractivity contribution in [3.63, 3.8) is 0 Å². The fourth-order valence-corrected chi connectivity index (χ4v) is 3.37. The van der Waals surface area contributed by atoms with Crippen LogP contribution < -0.4 is 0 Å². The van der Waals surface area contributed by atoms with Crippen molar-refractivity contribution in [3.05, 3.63) is 57.1 Å². The summed E-state index contributed by atoms with van der Waals surface area (Å²) in [5.74, 6) is 0. The van der Waals surface area contributed by atoms with Gasteiger partial charge in [0.25, 0.3) is 0 Å². The van der Waals surface area contributed by atoms with Gasteiger partial charge in [0.05, 0.1) is 0 Å². The number of benzene rings is 2. The van der Waals surface area contributed by atoms with Crippen LogP contribution in [-0.4, -0.2) is 0 Å². The van der Waals surface area contributed by atoms with Crippen LogP contribution in [0.25, 0.3) is 11.1 Å². The molecule has 18 heavy (non-hydrogen) atoms. The third-order valence-electron chi connectivity index (χ3n) is 4.79. The van der Waals surface area contributed by atoms with E-state index in [4.69, 9.17) is 0 Å². The van der Waals surface area contributed by atoms with Gasteiger partial charge in [-0.15, -0.1) is 0 Å². The minimum atomic E-state index is 1.11. The van der Waals surface area contributed by atoms with E-state index in [1.165, 1.54) is 44.5 Å². The smallest absolute Gasteiger partial charge is 0.00105 e. The van der Waals surface area contributed by atoms with E-state index in [-0.39, 0.29) is 0 Å². The van der Waals surface area contributed by atoms with Gasteiger partial charge in [0.15, 0.2) is 0 Å². The molecule has 0 aliphatic heterocycles. The summed E-state index contributed by atoms with van der Waals surface area (Å²) in [5.41, 5.74) is 13.4. The highest BCUT2D eigenvalue weighted by atomic mass is 14.3. The Morgan fingerprint density at radius 1 is 0.722 bits per heavy atom. The number of hydrogen-bond donors (Lipinski definition) is 0. The molecular formula is C18H20. The van der Waals surface area contributed by atoms with Gasteiger partial charge in [0.2, 0.25) is 0 Å². The number of aryl methyl sites for hydroxylation is 1. The molecule has 0 spiro atoms. The van der Waals surface area contributed by atoms with Gasteiger partial charge in [-0.1, -0.05) is 18.2 Å². The Balaban J connectivity index is 2.44. The fraction of sp³-hybridized carbons (Fsp3) is 0.333. The van der Waals surface area contributed by atoms with Gasteiger partial charge < -0.3 is 0 Å². The van der Waals surface area contributed by atoms with E-state index in [1.54, 1.807) is 5.56 Å². The number of fused-ring (bicyclic) bond motifs is 3. The number of rotatable bonds is 0. The predicted molar refractivity (Wildman–Crippen MR) is 78.4 cm³/mol. The Morgan fingerprint density at radius 3 is 2.11 bits per heavy atom. The van der Waals surface area contributed by atoms with Gasteiger partial charge in [-0.25, -0.2) is 0 Å². The summed E-state index contributed by atoms with van der Waals surface area (Å²) in [4.78, 5) is 0. The molecule has 2 aromatic rings. The zero-order valence-corrected chi connectivity index (χ0v) is 11.9. The second kappa shape index (κ2) is 3.71. The van der Waals surface area contributed by atoms with E-state index in [9.17, 15) is 0 Å².